The van der Waals surface area contributed by atoms with Crippen molar-refractivity contribution in [3.8, 4) is 0 Å². The standard InChI is InChI=1S/C13H27NO/c1-4-6-12(9-10-14)7-8-13(15)11(3)5-2/h11-12H,4-10,14H2,1-3H3. The third kappa shape index (κ3) is 6.67. The molecule has 0 spiro atoms. The maximum atomic E-state index is 11.7. The summed E-state index contributed by atoms with van der Waals surface area (Å²) < 4.78 is 0. The molecular formula is C13H27NO. The van der Waals surface area contributed by atoms with Gasteiger partial charge >= 0.3 is 0 Å². The number of Topliss-reactive ketones (excluding diaryl/α,β-unsaturated/α-hetero) is 1. The Morgan fingerprint density at radius 1 is 1.20 bits per heavy atom. The summed E-state index contributed by atoms with van der Waals surface area (Å²) in [6, 6.07) is 0. The van der Waals surface area contributed by atoms with Gasteiger partial charge in [0, 0.05) is 12.3 Å². The van der Waals surface area contributed by atoms with E-state index < -0.39 is 0 Å². The van der Waals surface area contributed by atoms with Gasteiger partial charge in [-0.15, -0.1) is 0 Å². The number of hydrogen-bond donors (Lipinski definition) is 1. The third-order valence-electron chi connectivity index (χ3n) is 3.23. The lowest BCUT2D eigenvalue weighted by Crippen LogP contribution is -2.14. The Morgan fingerprint density at radius 3 is 2.33 bits per heavy atom. The molecule has 0 saturated heterocycles. The SMILES string of the molecule is CCCC(CCN)CCC(=O)C(C)CC. The minimum Gasteiger partial charge on any atom is -0.330 e. The van der Waals surface area contributed by atoms with Gasteiger partial charge in [-0.2, -0.15) is 0 Å². The molecule has 2 heteroatoms. The summed E-state index contributed by atoms with van der Waals surface area (Å²) in [7, 11) is 0. The van der Waals surface area contributed by atoms with Gasteiger partial charge in [-0.05, 0) is 31.7 Å². The Bertz CT molecular complexity index is 162. The van der Waals surface area contributed by atoms with E-state index in [9.17, 15) is 4.79 Å². The van der Waals surface area contributed by atoms with E-state index in [0.717, 1.165) is 32.2 Å². The molecule has 2 N–H and O–H groups in total. The van der Waals surface area contributed by atoms with Crippen LogP contribution >= 0.6 is 0 Å². The maximum absolute atomic E-state index is 11.7. The summed E-state index contributed by atoms with van der Waals surface area (Å²) in [5, 5.41) is 0. The molecule has 0 aromatic rings. The zero-order chi connectivity index (χ0) is 11.7. The predicted octanol–water partition coefficient (Wildman–Crippen LogP) is 3.15. The van der Waals surface area contributed by atoms with Crippen LogP contribution in [0.3, 0.4) is 0 Å². The molecule has 0 bridgehead atoms. The highest BCUT2D eigenvalue weighted by Crippen LogP contribution is 2.19. The highest BCUT2D eigenvalue weighted by Gasteiger charge is 2.13. The first-order valence-corrected chi connectivity index (χ1v) is 6.38. The fraction of sp³-hybridized carbons (Fsp3) is 0.923. The van der Waals surface area contributed by atoms with E-state index in [1.54, 1.807) is 0 Å². The second-order valence-corrected chi connectivity index (χ2v) is 4.55. The van der Waals surface area contributed by atoms with Crippen LogP contribution in [0.2, 0.25) is 0 Å². The minimum atomic E-state index is 0.241. The fourth-order valence-electron chi connectivity index (χ4n) is 1.90. The zero-order valence-electron chi connectivity index (χ0n) is 10.6. The van der Waals surface area contributed by atoms with Gasteiger partial charge in [0.2, 0.25) is 0 Å². The van der Waals surface area contributed by atoms with E-state index in [2.05, 4.69) is 13.8 Å². The molecule has 0 radical (unpaired) electrons. The first-order valence-electron chi connectivity index (χ1n) is 6.38. The van der Waals surface area contributed by atoms with Crippen molar-refractivity contribution >= 4 is 5.78 Å². The van der Waals surface area contributed by atoms with Gasteiger partial charge in [-0.3, -0.25) is 4.79 Å². The van der Waals surface area contributed by atoms with Crippen LogP contribution in [0.1, 0.15) is 59.3 Å². The molecule has 0 amide bonds. The lowest BCUT2D eigenvalue weighted by Gasteiger charge is -2.15. The van der Waals surface area contributed by atoms with Gasteiger partial charge in [-0.1, -0.05) is 33.6 Å². The Hall–Kier alpha value is -0.370. The van der Waals surface area contributed by atoms with Crippen molar-refractivity contribution in [2.24, 2.45) is 17.6 Å². The fourth-order valence-corrected chi connectivity index (χ4v) is 1.90. The predicted molar refractivity (Wildman–Crippen MR) is 65.8 cm³/mol. The van der Waals surface area contributed by atoms with E-state index in [4.69, 9.17) is 5.73 Å². The summed E-state index contributed by atoms with van der Waals surface area (Å²) in [5.41, 5.74) is 5.57. The Kier molecular flexibility index (Phi) is 8.68. The smallest absolute Gasteiger partial charge is 0.135 e. The quantitative estimate of drug-likeness (QED) is 0.639. The van der Waals surface area contributed by atoms with Gasteiger partial charge in [0.1, 0.15) is 5.78 Å². The second-order valence-electron chi connectivity index (χ2n) is 4.55. The molecular weight excluding hydrogens is 186 g/mol. The van der Waals surface area contributed by atoms with Crippen LogP contribution in [-0.2, 0) is 4.79 Å². The molecule has 0 heterocycles. The van der Waals surface area contributed by atoms with Gasteiger partial charge in [0.05, 0.1) is 0 Å². The minimum absolute atomic E-state index is 0.241. The summed E-state index contributed by atoms with van der Waals surface area (Å²) in [6.45, 7) is 7.05. The average Bonchev–Trinajstić information content (AvgIpc) is 2.25. The molecule has 2 nitrogen and oxygen atoms in total. The van der Waals surface area contributed by atoms with Crippen molar-refractivity contribution in [1.29, 1.82) is 0 Å². The van der Waals surface area contributed by atoms with Crippen LogP contribution in [0.25, 0.3) is 0 Å². The Labute approximate surface area is 94.6 Å². The molecule has 15 heavy (non-hydrogen) atoms. The lowest BCUT2D eigenvalue weighted by molar-refractivity contribution is -0.122. The Morgan fingerprint density at radius 2 is 1.87 bits per heavy atom. The number of hydrogen-bond acceptors (Lipinski definition) is 2. The Balaban J connectivity index is 3.82. The molecule has 0 aromatic carbocycles. The average molecular weight is 213 g/mol. The molecule has 0 saturated carbocycles. The highest BCUT2D eigenvalue weighted by atomic mass is 16.1. The highest BCUT2D eigenvalue weighted by molar-refractivity contribution is 5.80. The van der Waals surface area contributed by atoms with Crippen molar-refractivity contribution in [1.82, 2.24) is 0 Å². The van der Waals surface area contributed by atoms with Crippen LogP contribution in [0.4, 0.5) is 0 Å². The number of carbonyl (C=O) groups is 1. The topological polar surface area (TPSA) is 43.1 Å². The number of rotatable bonds is 9. The van der Waals surface area contributed by atoms with Crippen LogP contribution in [0.15, 0.2) is 0 Å². The molecule has 90 valence electrons. The first-order chi connectivity index (χ1) is 7.15. The van der Waals surface area contributed by atoms with Crippen molar-refractivity contribution in [2.75, 3.05) is 6.54 Å². The monoisotopic (exact) mass is 213 g/mol. The number of carbonyl (C=O) groups excluding carboxylic acids is 1. The van der Waals surface area contributed by atoms with Crippen LogP contribution in [-0.4, -0.2) is 12.3 Å². The van der Waals surface area contributed by atoms with Crippen LogP contribution < -0.4 is 5.73 Å². The lowest BCUT2D eigenvalue weighted by atomic mass is 9.90. The molecule has 0 aliphatic rings. The summed E-state index contributed by atoms with van der Waals surface area (Å²) in [5.74, 6) is 1.33. The third-order valence-corrected chi connectivity index (χ3v) is 3.23. The van der Waals surface area contributed by atoms with Crippen LogP contribution in [0.5, 0.6) is 0 Å². The normalized spacial score (nSPS) is 14.9. The summed E-state index contributed by atoms with van der Waals surface area (Å²) in [6.07, 6.45) is 6.23. The van der Waals surface area contributed by atoms with Crippen molar-refractivity contribution in [3.63, 3.8) is 0 Å². The van der Waals surface area contributed by atoms with E-state index >= 15 is 0 Å². The van der Waals surface area contributed by atoms with E-state index in [-0.39, 0.29) is 5.92 Å². The number of ketones is 1. The summed E-state index contributed by atoms with van der Waals surface area (Å²) in [4.78, 5) is 11.7. The largest absolute Gasteiger partial charge is 0.330 e. The molecule has 0 aromatic heterocycles. The van der Waals surface area contributed by atoms with E-state index in [1.807, 2.05) is 6.92 Å². The molecule has 0 aliphatic carbocycles. The van der Waals surface area contributed by atoms with Gasteiger partial charge in [0.15, 0.2) is 0 Å². The van der Waals surface area contributed by atoms with Gasteiger partial charge in [-0.25, -0.2) is 0 Å². The molecule has 2 atom stereocenters. The van der Waals surface area contributed by atoms with Crippen LogP contribution in [0, 0.1) is 11.8 Å². The second kappa shape index (κ2) is 8.90. The first kappa shape index (κ1) is 14.6. The maximum Gasteiger partial charge on any atom is 0.135 e. The van der Waals surface area contributed by atoms with Gasteiger partial charge in [0.25, 0.3) is 0 Å². The van der Waals surface area contributed by atoms with E-state index in [1.165, 1.54) is 12.8 Å². The molecule has 0 fully saturated rings. The molecule has 2 unspecified atom stereocenters. The van der Waals surface area contributed by atoms with Crippen molar-refractivity contribution in [2.45, 2.75) is 59.3 Å². The van der Waals surface area contributed by atoms with Crippen molar-refractivity contribution in [3.05, 3.63) is 0 Å². The van der Waals surface area contributed by atoms with Gasteiger partial charge < -0.3 is 5.73 Å². The number of nitrogens with two attached hydrogens (primary N) is 1. The summed E-state index contributed by atoms with van der Waals surface area (Å²) >= 11 is 0. The molecule has 0 aliphatic heterocycles. The van der Waals surface area contributed by atoms with E-state index in [0.29, 0.717) is 11.7 Å². The van der Waals surface area contributed by atoms with Crippen molar-refractivity contribution < 1.29 is 4.79 Å². The zero-order valence-corrected chi connectivity index (χ0v) is 10.6. The molecule has 0 rings (SSSR count).